The van der Waals surface area contributed by atoms with E-state index >= 15 is 0 Å². The number of fused-ring (bicyclic) bond motifs is 1. The molecule has 2 aliphatic heterocycles. The van der Waals surface area contributed by atoms with E-state index in [-0.39, 0.29) is 11.5 Å². The van der Waals surface area contributed by atoms with E-state index in [2.05, 4.69) is 15.5 Å². The highest BCUT2D eigenvalue weighted by atomic mass is 19.1. The standard InChI is InChI=1S/C22H19FN4O2/c1-3-24-22(28)15-10-17(13(2)18(23)11-15)14-7-8-16-19(12-14)25-26-21(16)20-6-4-5-9-27(20)29/h4-12,29H,3H2,1-2H3,(H,24,28). The Morgan fingerprint density at radius 2 is 2.00 bits per heavy atom. The number of nitrogens with zero attached hydrogens (tertiary/aromatic N) is 3. The van der Waals surface area contributed by atoms with Gasteiger partial charge in [0.1, 0.15) is 11.5 Å². The molecule has 2 aromatic carbocycles. The molecule has 2 aliphatic rings. The minimum atomic E-state index is -0.441. The molecule has 6 nitrogen and oxygen atoms in total. The van der Waals surface area contributed by atoms with E-state index in [0.717, 1.165) is 16.2 Å². The Morgan fingerprint density at radius 1 is 1.17 bits per heavy atom. The SMILES string of the molecule is CCNC(=O)c1cc(F)c(C)c(-c2ccc3c(c2)N=NC3=C2C=CC=CN2O)c1. The molecule has 0 spiro atoms. The lowest BCUT2D eigenvalue weighted by Crippen LogP contribution is -2.22. The fourth-order valence-corrected chi connectivity index (χ4v) is 3.32. The molecule has 0 aliphatic carbocycles. The number of amides is 1. The number of benzene rings is 2. The van der Waals surface area contributed by atoms with Gasteiger partial charge in [-0.15, -0.1) is 10.2 Å². The average molecular weight is 390 g/mol. The van der Waals surface area contributed by atoms with Crippen molar-refractivity contribution >= 4 is 17.3 Å². The summed E-state index contributed by atoms with van der Waals surface area (Å²) in [7, 11) is 0. The van der Waals surface area contributed by atoms with Crippen molar-refractivity contribution in [1.29, 1.82) is 0 Å². The Morgan fingerprint density at radius 3 is 2.76 bits per heavy atom. The number of nitrogens with one attached hydrogen (secondary N) is 1. The van der Waals surface area contributed by atoms with E-state index in [0.29, 0.717) is 34.8 Å². The lowest BCUT2D eigenvalue weighted by Gasteiger charge is -2.17. The summed E-state index contributed by atoms with van der Waals surface area (Å²) in [4.78, 5) is 12.2. The van der Waals surface area contributed by atoms with Crippen LogP contribution in [0.15, 0.2) is 70.7 Å². The maximum Gasteiger partial charge on any atom is 0.251 e. The predicted molar refractivity (Wildman–Crippen MR) is 108 cm³/mol. The van der Waals surface area contributed by atoms with Crippen LogP contribution < -0.4 is 5.32 Å². The van der Waals surface area contributed by atoms with Crippen molar-refractivity contribution in [3.05, 3.63) is 83.0 Å². The van der Waals surface area contributed by atoms with Crippen LogP contribution in [-0.2, 0) is 0 Å². The molecule has 2 N–H and O–H groups in total. The smallest absolute Gasteiger partial charge is 0.251 e. The molecule has 1 amide bonds. The molecule has 0 unspecified atom stereocenters. The zero-order valence-electron chi connectivity index (χ0n) is 16.0. The summed E-state index contributed by atoms with van der Waals surface area (Å²) in [6.07, 6.45) is 6.77. The van der Waals surface area contributed by atoms with Gasteiger partial charge < -0.3 is 5.32 Å². The van der Waals surface area contributed by atoms with Gasteiger partial charge in [-0.25, -0.2) is 9.45 Å². The minimum Gasteiger partial charge on any atom is -0.352 e. The van der Waals surface area contributed by atoms with Gasteiger partial charge in [-0.05, 0) is 67.0 Å². The van der Waals surface area contributed by atoms with Crippen molar-refractivity contribution in [2.24, 2.45) is 10.2 Å². The lowest BCUT2D eigenvalue weighted by atomic mass is 9.95. The number of carbonyl (C=O) groups excluding carboxylic acids is 1. The molecule has 0 saturated carbocycles. The summed E-state index contributed by atoms with van der Waals surface area (Å²) in [5, 5.41) is 22.1. The van der Waals surface area contributed by atoms with E-state index in [1.54, 1.807) is 37.3 Å². The normalized spacial score (nSPS) is 17.0. The van der Waals surface area contributed by atoms with E-state index in [4.69, 9.17) is 0 Å². The monoisotopic (exact) mass is 390 g/mol. The number of halogens is 1. The van der Waals surface area contributed by atoms with Crippen molar-refractivity contribution < 1.29 is 14.4 Å². The van der Waals surface area contributed by atoms with Gasteiger partial charge >= 0.3 is 0 Å². The molecule has 4 rings (SSSR count). The molecule has 2 heterocycles. The fraction of sp³-hybridized carbons (Fsp3) is 0.136. The largest absolute Gasteiger partial charge is 0.352 e. The van der Waals surface area contributed by atoms with Gasteiger partial charge in [0.15, 0.2) is 0 Å². The third-order valence-electron chi connectivity index (χ3n) is 4.85. The third kappa shape index (κ3) is 3.36. The first-order valence-electron chi connectivity index (χ1n) is 9.21. The Kier molecular flexibility index (Phi) is 4.82. The van der Waals surface area contributed by atoms with Gasteiger partial charge in [0.2, 0.25) is 0 Å². The van der Waals surface area contributed by atoms with Crippen LogP contribution in [0.2, 0.25) is 0 Å². The first-order chi connectivity index (χ1) is 14.0. The maximum absolute atomic E-state index is 14.5. The molecule has 0 fully saturated rings. The minimum absolute atomic E-state index is 0.268. The zero-order chi connectivity index (χ0) is 20.5. The van der Waals surface area contributed by atoms with E-state index in [1.165, 1.54) is 12.3 Å². The quantitative estimate of drug-likeness (QED) is 0.766. The molecule has 0 bridgehead atoms. The average Bonchev–Trinajstić information content (AvgIpc) is 3.13. The highest BCUT2D eigenvalue weighted by Crippen LogP contribution is 2.41. The maximum atomic E-state index is 14.5. The molecule has 7 heteroatoms. The van der Waals surface area contributed by atoms with Crippen LogP contribution in [0.1, 0.15) is 28.4 Å². The van der Waals surface area contributed by atoms with Gasteiger partial charge in [0.25, 0.3) is 5.91 Å². The van der Waals surface area contributed by atoms with Gasteiger partial charge in [-0.3, -0.25) is 10.0 Å². The van der Waals surface area contributed by atoms with Crippen LogP contribution in [0.5, 0.6) is 0 Å². The third-order valence-corrected chi connectivity index (χ3v) is 4.85. The van der Waals surface area contributed by atoms with Crippen LogP contribution in [0.4, 0.5) is 10.1 Å². The molecule has 2 aromatic rings. The van der Waals surface area contributed by atoms with Crippen LogP contribution in [0.3, 0.4) is 0 Å². The summed E-state index contributed by atoms with van der Waals surface area (Å²) >= 11 is 0. The summed E-state index contributed by atoms with van der Waals surface area (Å²) in [6, 6.07) is 8.41. The number of hydrogen-bond acceptors (Lipinski definition) is 5. The molecule has 0 atom stereocenters. The molecule has 29 heavy (non-hydrogen) atoms. The first-order valence-corrected chi connectivity index (χ1v) is 9.21. The number of hydrogen-bond donors (Lipinski definition) is 2. The highest BCUT2D eigenvalue weighted by Gasteiger charge is 2.22. The summed E-state index contributed by atoms with van der Waals surface area (Å²) in [6.45, 7) is 3.95. The fourth-order valence-electron chi connectivity index (χ4n) is 3.32. The number of rotatable bonds is 3. The van der Waals surface area contributed by atoms with Crippen LogP contribution in [0, 0.1) is 12.7 Å². The van der Waals surface area contributed by atoms with E-state index < -0.39 is 5.82 Å². The molecular formula is C22H19FN4O2. The highest BCUT2D eigenvalue weighted by molar-refractivity contribution is 5.96. The van der Waals surface area contributed by atoms with E-state index in [9.17, 15) is 14.4 Å². The van der Waals surface area contributed by atoms with Crippen molar-refractivity contribution in [3.8, 4) is 11.1 Å². The molecule has 146 valence electrons. The summed E-state index contributed by atoms with van der Waals surface area (Å²) < 4.78 is 14.5. The van der Waals surface area contributed by atoms with Crippen molar-refractivity contribution in [1.82, 2.24) is 10.4 Å². The van der Waals surface area contributed by atoms with Gasteiger partial charge in [0, 0.05) is 23.9 Å². The number of hydroxylamine groups is 2. The van der Waals surface area contributed by atoms with Crippen LogP contribution >= 0.6 is 0 Å². The van der Waals surface area contributed by atoms with E-state index in [1.807, 2.05) is 19.1 Å². The molecule has 0 saturated heterocycles. The second-order valence-corrected chi connectivity index (χ2v) is 6.70. The van der Waals surface area contributed by atoms with Crippen molar-refractivity contribution in [2.45, 2.75) is 13.8 Å². The van der Waals surface area contributed by atoms with Gasteiger partial charge in [-0.1, -0.05) is 12.1 Å². The second kappa shape index (κ2) is 7.44. The summed E-state index contributed by atoms with van der Waals surface area (Å²) in [5.74, 6) is -0.760. The van der Waals surface area contributed by atoms with Gasteiger partial charge in [0.05, 0.1) is 11.4 Å². The first kappa shape index (κ1) is 18.8. The topological polar surface area (TPSA) is 77.3 Å². The second-order valence-electron chi connectivity index (χ2n) is 6.70. The number of azo groups is 1. The van der Waals surface area contributed by atoms with Crippen molar-refractivity contribution in [2.75, 3.05) is 6.54 Å². The Bertz CT molecular complexity index is 1130. The van der Waals surface area contributed by atoms with Gasteiger partial charge in [-0.2, -0.15) is 0 Å². The van der Waals surface area contributed by atoms with Crippen LogP contribution in [0.25, 0.3) is 16.8 Å². The zero-order valence-corrected chi connectivity index (χ0v) is 16.0. The Hall–Kier alpha value is -3.58. The predicted octanol–water partition coefficient (Wildman–Crippen LogP) is 5.09. The molecular weight excluding hydrogens is 371 g/mol. The van der Waals surface area contributed by atoms with Crippen LogP contribution in [-0.4, -0.2) is 22.7 Å². The molecule has 0 aromatic heterocycles. The molecule has 0 radical (unpaired) electrons. The Balaban J connectivity index is 1.77. The Labute approximate surface area is 167 Å². The lowest BCUT2D eigenvalue weighted by molar-refractivity contribution is 0.000391. The number of allylic oxidation sites excluding steroid dienone is 3. The summed E-state index contributed by atoms with van der Waals surface area (Å²) in [5.41, 5.74) is 4.52. The number of carbonyl (C=O) groups is 1. The van der Waals surface area contributed by atoms with Crippen molar-refractivity contribution in [3.63, 3.8) is 0 Å².